The topological polar surface area (TPSA) is 66.7 Å². The van der Waals surface area contributed by atoms with Crippen molar-refractivity contribution in [2.45, 2.75) is 17.1 Å². The van der Waals surface area contributed by atoms with Crippen molar-refractivity contribution in [1.29, 1.82) is 0 Å². The van der Waals surface area contributed by atoms with Crippen LogP contribution in [0.25, 0.3) is 0 Å². The van der Waals surface area contributed by atoms with Gasteiger partial charge in [-0.2, -0.15) is 0 Å². The van der Waals surface area contributed by atoms with Gasteiger partial charge in [-0.05, 0) is 19.1 Å². The van der Waals surface area contributed by atoms with E-state index in [-0.39, 0.29) is 10.6 Å². The van der Waals surface area contributed by atoms with Gasteiger partial charge in [-0.3, -0.25) is 0 Å². The van der Waals surface area contributed by atoms with Gasteiger partial charge in [0.05, 0.1) is 4.90 Å². The van der Waals surface area contributed by atoms with Crippen LogP contribution in [-0.2, 0) is 9.84 Å². The van der Waals surface area contributed by atoms with Gasteiger partial charge in [0.1, 0.15) is 11.0 Å². The van der Waals surface area contributed by atoms with Crippen molar-refractivity contribution in [3.05, 3.63) is 66.2 Å². The number of rotatable bonds is 4. The highest BCUT2D eigenvalue weighted by atomic mass is 32.2. The fourth-order valence-electron chi connectivity index (χ4n) is 1.94. The van der Waals surface area contributed by atoms with Crippen LogP contribution in [-0.4, -0.2) is 24.6 Å². The van der Waals surface area contributed by atoms with E-state index in [1.165, 1.54) is 19.1 Å². The van der Waals surface area contributed by atoms with Crippen LogP contribution in [0.3, 0.4) is 0 Å². The Kier molecular flexibility index (Phi) is 4.20. The van der Waals surface area contributed by atoms with E-state index in [4.69, 9.17) is 0 Å². The van der Waals surface area contributed by atoms with E-state index in [1.54, 1.807) is 42.5 Å². The number of hydrogen-bond acceptors (Lipinski definition) is 4. The van der Waals surface area contributed by atoms with E-state index in [1.807, 2.05) is 6.07 Å². The lowest BCUT2D eigenvalue weighted by Crippen LogP contribution is -2.28. The first kappa shape index (κ1) is 14.3. The molecular weight excluding hydrogens is 274 g/mol. The normalized spacial score (nSPS) is 13.9. The van der Waals surface area contributed by atoms with Crippen molar-refractivity contribution in [2.24, 2.45) is 5.16 Å². The van der Waals surface area contributed by atoms with Crippen LogP contribution in [0.5, 0.6) is 0 Å². The highest BCUT2D eigenvalue weighted by molar-refractivity contribution is 7.92. The van der Waals surface area contributed by atoms with Gasteiger partial charge in [-0.15, -0.1) is 0 Å². The fourth-order valence-corrected chi connectivity index (χ4v) is 3.37. The van der Waals surface area contributed by atoms with Gasteiger partial charge in [0.2, 0.25) is 0 Å². The molecule has 1 atom stereocenters. The smallest absolute Gasteiger partial charge is 0.186 e. The predicted octanol–water partition coefficient (Wildman–Crippen LogP) is 2.73. The summed E-state index contributed by atoms with van der Waals surface area (Å²) in [6.07, 6.45) is 0. The summed E-state index contributed by atoms with van der Waals surface area (Å²) >= 11 is 0. The molecule has 2 aromatic carbocycles. The van der Waals surface area contributed by atoms with Crippen molar-refractivity contribution < 1.29 is 13.6 Å². The number of hydrogen-bond donors (Lipinski definition) is 1. The largest absolute Gasteiger partial charge is 0.411 e. The maximum atomic E-state index is 12.5. The highest BCUT2D eigenvalue weighted by Gasteiger charge is 2.29. The minimum Gasteiger partial charge on any atom is -0.411 e. The quantitative estimate of drug-likeness (QED) is 0.534. The molecule has 0 bridgehead atoms. The molecule has 0 heterocycles. The Morgan fingerprint density at radius 2 is 1.50 bits per heavy atom. The van der Waals surface area contributed by atoms with Crippen molar-refractivity contribution in [3.63, 3.8) is 0 Å². The second-order valence-electron chi connectivity index (χ2n) is 4.35. The molecule has 104 valence electrons. The second kappa shape index (κ2) is 5.88. The molecule has 0 spiro atoms. The van der Waals surface area contributed by atoms with Crippen molar-refractivity contribution in [2.75, 3.05) is 0 Å². The molecule has 4 nitrogen and oxygen atoms in total. The molecule has 0 aliphatic heterocycles. The molecule has 0 amide bonds. The van der Waals surface area contributed by atoms with Gasteiger partial charge >= 0.3 is 0 Å². The lowest BCUT2D eigenvalue weighted by Gasteiger charge is -2.14. The van der Waals surface area contributed by atoms with E-state index in [0.29, 0.717) is 5.56 Å². The van der Waals surface area contributed by atoms with Gasteiger partial charge in [-0.1, -0.05) is 53.7 Å². The molecule has 0 radical (unpaired) electrons. The Morgan fingerprint density at radius 3 is 2.00 bits per heavy atom. The molecule has 2 aromatic rings. The fraction of sp³-hybridized carbons (Fsp3) is 0.133. The SMILES string of the molecule is CC(C(=NO)c1ccccc1)S(=O)(=O)c1ccccc1. The summed E-state index contributed by atoms with van der Waals surface area (Å²) in [5.41, 5.74) is 0.719. The predicted molar refractivity (Wildman–Crippen MR) is 77.9 cm³/mol. The minimum atomic E-state index is -3.59. The average Bonchev–Trinajstić information content (AvgIpc) is 2.50. The van der Waals surface area contributed by atoms with E-state index < -0.39 is 15.1 Å². The Hall–Kier alpha value is -2.14. The summed E-state index contributed by atoms with van der Waals surface area (Å²) in [6.45, 7) is 1.52. The maximum Gasteiger partial charge on any atom is 0.186 e. The van der Waals surface area contributed by atoms with Gasteiger partial charge < -0.3 is 5.21 Å². The van der Waals surface area contributed by atoms with Gasteiger partial charge in [0, 0.05) is 5.56 Å². The van der Waals surface area contributed by atoms with Crippen LogP contribution >= 0.6 is 0 Å². The van der Waals surface area contributed by atoms with Crippen molar-refractivity contribution in [1.82, 2.24) is 0 Å². The highest BCUT2D eigenvalue weighted by Crippen LogP contribution is 2.19. The van der Waals surface area contributed by atoms with Crippen molar-refractivity contribution >= 4 is 15.5 Å². The Bertz CT molecular complexity index is 694. The van der Waals surface area contributed by atoms with E-state index in [0.717, 1.165) is 0 Å². The van der Waals surface area contributed by atoms with Crippen LogP contribution in [0.1, 0.15) is 12.5 Å². The van der Waals surface area contributed by atoms with Gasteiger partial charge in [0.15, 0.2) is 9.84 Å². The molecule has 0 aliphatic rings. The van der Waals surface area contributed by atoms with Crippen molar-refractivity contribution in [3.8, 4) is 0 Å². The molecule has 0 aromatic heterocycles. The van der Waals surface area contributed by atoms with Crippen LogP contribution in [0, 0.1) is 0 Å². The van der Waals surface area contributed by atoms with Crippen LogP contribution in [0.2, 0.25) is 0 Å². The van der Waals surface area contributed by atoms with Crippen LogP contribution < -0.4 is 0 Å². The zero-order valence-corrected chi connectivity index (χ0v) is 11.8. The third-order valence-electron chi connectivity index (χ3n) is 3.10. The first-order valence-electron chi connectivity index (χ1n) is 6.13. The third-order valence-corrected chi connectivity index (χ3v) is 5.18. The summed E-state index contributed by atoms with van der Waals surface area (Å²) in [5.74, 6) is 0. The van der Waals surface area contributed by atoms with E-state index >= 15 is 0 Å². The van der Waals surface area contributed by atoms with Gasteiger partial charge in [-0.25, -0.2) is 8.42 Å². The molecular formula is C15H15NO3S. The number of benzene rings is 2. The van der Waals surface area contributed by atoms with Crippen LogP contribution in [0.15, 0.2) is 70.7 Å². The summed E-state index contributed by atoms with van der Waals surface area (Å²) < 4.78 is 25.0. The molecule has 0 saturated carbocycles. The average molecular weight is 289 g/mol. The lowest BCUT2D eigenvalue weighted by molar-refractivity contribution is 0.318. The third kappa shape index (κ3) is 2.72. The Morgan fingerprint density at radius 1 is 1.00 bits per heavy atom. The summed E-state index contributed by atoms with van der Waals surface area (Å²) in [4.78, 5) is 0.213. The van der Waals surface area contributed by atoms with Crippen LogP contribution in [0.4, 0.5) is 0 Å². The number of sulfone groups is 1. The monoisotopic (exact) mass is 289 g/mol. The van der Waals surface area contributed by atoms with E-state index in [2.05, 4.69) is 5.16 Å². The Balaban J connectivity index is 2.43. The zero-order valence-electron chi connectivity index (χ0n) is 11.0. The molecule has 0 aliphatic carbocycles. The summed E-state index contributed by atoms with van der Waals surface area (Å²) in [5, 5.41) is 11.4. The number of oxime groups is 1. The van der Waals surface area contributed by atoms with E-state index in [9.17, 15) is 13.6 Å². The summed E-state index contributed by atoms with van der Waals surface area (Å²) in [7, 11) is -3.59. The molecule has 5 heteroatoms. The molecule has 20 heavy (non-hydrogen) atoms. The maximum absolute atomic E-state index is 12.5. The first-order valence-corrected chi connectivity index (χ1v) is 7.68. The molecule has 1 N–H and O–H groups in total. The Labute approximate surface area is 118 Å². The number of nitrogens with zero attached hydrogens (tertiary/aromatic N) is 1. The second-order valence-corrected chi connectivity index (χ2v) is 6.62. The molecule has 1 unspecified atom stereocenters. The lowest BCUT2D eigenvalue weighted by atomic mass is 10.1. The van der Waals surface area contributed by atoms with Gasteiger partial charge in [0.25, 0.3) is 0 Å². The zero-order chi connectivity index (χ0) is 14.6. The molecule has 0 saturated heterocycles. The summed E-state index contributed by atoms with van der Waals surface area (Å²) in [6, 6.07) is 16.9. The first-order chi connectivity index (χ1) is 9.57. The molecule has 0 fully saturated rings. The minimum absolute atomic E-state index is 0.134. The standard InChI is InChI=1S/C15H15NO3S/c1-12(15(16-17)13-8-4-2-5-9-13)20(18,19)14-10-6-3-7-11-14/h2-12,17H,1H3. The molecule has 2 rings (SSSR count).